The molecule has 1 aromatic carbocycles. The van der Waals surface area contributed by atoms with Gasteiger partial charge in [-0.25, -0.2) is 14.2 Å². The van der Waals surface area contributed by atoms with Crippen LogP contribution in [0.1, 0.15) is 0 Å². The first-order valence-corrected chi connectivity index (χ1v) is 6.50. The number of halogens is 1. The predicted octanol–water partition coefficient (Wildman–Crippen LogP) is 2.56. The van der Waals surface area contributed by atoms with Gasteiger partial charge < -0.3 is 9.87 Å². The van der Waals surface area contributed by atoms with E-state index in [2.05, 4.69) is 31.2 Å². The van der Waals surface area contributed by atoms with Gasteiger partial charge in [-0.2, -0.15) is 0 Å². The Hall–Kier alpha value is -1.31. The minimum Gasteiger partial charge on any atom is -0.324 e. The van der Waals surface area contributed by atoms with Crippen LogP contribution in [0.5, 0.6) is 0 Å². The zero-order chi connectivity index (χ0) is 12.3. The second kappa shape index (κ2) is 5.35. The third-order valence-electron chi connectivity index (χ3n) is 1.93. The molecule has 0 spiro atoms. The molecular weight excluding hydrogens is 306 g/mol. The quantitative estimate of drug-likeness (QED) is 0.852. The first-order chi connectivity index (χ1) is 8.15. The maximum absolute atomic E-state index is 10.8. The van der Waals surface area contributed by atoms with Crippen molar-refractivity contribution in [3.63, 3.8) is 0 Å². The summed E-state index contributed by atoms with van der Waals surface area (Å²) in [4.78, 5) is 8.46. The first kappa shape index (κ1) is 12.2. The number of nitrogens with zero attached hydrogens (tertiary/aromatic N) is 2. The number of nitrogens with one attached hydrogen (secondary N) is 1. The Labute approximate surface area is 109 Å². The maximum Gasteiger partial charge on any atom is 0.227 e. The molecule has 2 rings (SSSR count). The summed E-state index contributed by atoms with van der Waals surface area (Å²) >= 11 is 1.29. The molecule has 0 saturated carbocycles. The van der Waals surface area contributed by atoms with Crippen molar-refractivity contribution in [1.82, 2.24) is 9.97 Å². The minimum absolute atomic E-state index is 0.354. The molecule has 1 unspecified atom stereocenters. The van der Waals surface area contributed by atoms with Gasteiger partial charge in [0.15, 0.2) is 11.1 Å². The normalized spacial score (nSPS) is 12.1. The molecule has 7 heteroatoms. The molecule has 1 atom stereocenters. The van der Waals surface area contributed by atoms with Gasteiger partial charge in [0.2, 0.25) is 5.95 Å². The summed E-state index contributed by atoms with van der Waals surface area (Å²) < 4.78 is 20.4. The van der Waals surface area contributed by atoms with Crippen molar-refractivity contribution in [2.45, 2.75) is 4.90 Å². The maximum atomic E-state index is 10.8. The van der Waals surface area contributed by atoms with Crippen LogP contribution in [0.25, 0.3) is 0 Å². The summed E-state index contributed by atoms with van der Waals surface area (Å²) in [5.41, 5.74) is 0.751. The van der Waals surface area contributed by atoms with E-state index in [0.717, 1.165) is 10.2 Å². The van der Waals surface area contributed by atoms with Gasteiger partial charge in [-0.05, 0) is 40.2 Å². The molecule has 5 nitrogen and oxygen atoms in total. The highest BCUT2D eigenvalue weighted by molar-refractivity contribution is 9.10. The Morgan fingerprint density at radius 3 is 2.29 bits per heavy atom. The number of benzene rings is 1. The highest BCUT2D eigenvalue weighted by atomic mass is 79.9. The highest BCUT2D eigenvalue weighted by Gasteiger charge is 2.01. The zero-order valence-electron chi connectivity index (χ0n) is 8.50. The summed E-state index contributed by atoms with van der Waals surface area (Å²) in [6.45, 7) is 0. The molecule has 1 aromatic heterocycles. The smallest absolute Gasteiger partial charge is 0.227 e. The summed E-state index contributed by atoms with van der Waals surface area (Å²) in [6, 6.07) is 6.51. The fraction of sp³-hybridized carbons (Fsp3) is 0. The lowest BCUT2D eigenvalue weighted by atomic mass is 10.3. The summed E-state index contributed by atoms with van der Waals surface area (Å²) in [7, 11) is 0. The molecule has 17 heavy (non-hydrogen) atoms. The van der Waals surface area contributed by atoms with Crippen molar-refractivity contribution in [3.8, 4) is 0 Å². The van der Waals surface area contributed by atoms with Gasteiger partial charge in [0, 0.05) is 18.1 Å². The molecule has 0 fully saturated rings. The lowest BCUT2D eigenvalue weighted by molar-refractivity contribution is 0.564. The Kier molecular flexibility index (Phi) is 3.82. The van der Waals surface area contributed by atoms with E-state index in [9.17, 15) is 4.21 Å². The molecule has 0 amide bonds. The topological polar surface area (TPSA) is 75.1 Å². The van der Waals surface area contributed by atoms with Crippen LogP contribution in [0.3, 0.4) is 0 Å². The van der Waals surface area contributed by atoms with E-state index in [1.165, 1.54) is 0 Å². The van der Waals surface area contributed by atoms with Gasteiger partial charge in [-0.3, -0.25) is 0 Å². The van der Waals surface area contributed by atoms with Crippen molar-refractivity contribution in [2.24, 2.45) is 0 Å². The van der Waals surface area contributed by atoms with E-state index in [0.29, 0.717) is 10.8 Å². The second-order valence-electron chi connectivity index (χ2n) is 3.12. The SMILES string of the molecule is O=S(O)c1ccc(Nc2ncc(Br)cn2)cc1. The summed E-state index contributed by atoms with van der Waals surface area (Å²) in [5, 5.41) is 2.97. The molecule has 2 aromatic rings. The summed E-state index contributed by atoms with van der Waals surface area (Å²) in [5.74, 6) is 0.464. The third-order valence-corrected chi connectivity index (χ3v) is 3.02. The van der Waals surface area contributed by atoms with Crippen molar-refractivity contribution >= 4 is 38.6 Å². The minimum atomic E-state index is -1.95. The van der Waals surface area contributed by atoms with Gasteiger partial charge >= 0.3 is 0 Å². The van der Waals surface area contributed by atoms with Crippen molar-refractivity contribution in [2.75, 3.05) is 5.32 Å². The number of rotatable bonds is 3. The zero-order valence-corrected chi connectivity index (χ0v) is 10.9. The van der Waals surface area contributed by atoms with E-state index in [1.54, 1.807) is 36.7 Å². The van der Waals surface area contributed by atoms with Crippen LogP contribution in [-0.4, -0.2) is 18.7 Å². The molecule has 0 saturated heterocycles. The fourth-order valence-electron chi connectivity index (χ4n) is 1.16. The Balaban J connectivity index is 2.13. The Morgan fingerprint density at radius 1 is 1.18 bits per heavy atom. The van der Waals surface area contributed by atoms with Crippen LogP contribution in [0, 0.1) is 0 Å². The molecule has 0 aliphatic heterocycles. The van der Waals surface area contributed by atoms with E-state index < -0.39 is 11.1 Å². The van der Waals surface area contributed by atoms with Crippen molar-refractivity contribution < 1.29 is 8.76 Å². The molecule has 0 radical (unpaired) electrons. The predicted molar refractivity (Wildman–Crippen MR) is 68.5 cm³/mol. The Morgan fingerprint density at radius 2 is 1.76 bits per heavy atom. The lowest BCUT2D eigenvalue weighted by Crippen LogP contribution is -1.96. The molecule has 88 valence electrons. The first-order valence-electron chi connectivity index (χ1n) is 4.60. The van der Waals surface area contributed by atoms with Crippen LogP contribution < -0.4 is 5.32 Å². The molecule has 0 aliphatic rings. The number of anilines is 2. The van der Waals surface area contributed by atoms with Gasteiger partial charge in [-0.15, -0.1) is 0 Å². The van der Waals surface area contributed by atoms with E-state index in [4.69, 9.17) is 4.55 Å². The molecule has 1 heterocycles. The van der Waals surface area contributed by atoms with Crippen molar-refractivity contribution in [3.05, 3.63) is 41.1 Å². The molecule has 0 bridgehead atoms. The van der Waals surface area contributed by atoms with Gasteiger partial charge in [0.05, 0.1) is 9.37 Å². The van der Waals surface area contributed by atoms with Gasteiger partial charge in [-0.1, -0.05) is 0 Å². The standard InChI is InChI=1S/C10H8BrN3O2S/c11-7-5-12-10(13-6-7)14-8-1-3-9(4-2-8)17(15)16/h1-6H,(H,15,16)(H,12,13,14). The fourth-order valence-corrected chi connectivity index (χ4v) is 1.73. The second-order valence-corrected chi connectivity index (χ2v) is 5.01. The molecular formula is C10H8BrN3O2S. The monoisotopic (exact) mass is 313 g/mol. The van der Waals surface area contributed by atoms with Crippen LogP contribution in [0.4, 0.5) is 11.6 Å². The van der Waals surface area contributed by atoms with Crippen LogP contribution >= 0.6 is 15.9 Å². The molecule has 0 aliphatic carbocycles. The number of hydrogen-bond acceptors (Lipinski definition) is 4. The third kappa shape index (κ3) is 3.32. The number of aromatic nitrogens is 2. The van der Waals surface area contributed by atoms with Crippen LogP contribution in [0.15, 0.2) is 46.0 Å². The van der Waals surface area contributed by atoms with Gasteiger partial charge in [0.25, 0.3) is 0 Å². The van der Waals surface area contributed by atoms with E-state index in [1.807, 2.05) is 0 Å². The number of hydrogen-bond donors (Lipinski definition) is 2. The lowest BCUT2D eigenvalue weighted by Gasteiger charge is -2.04. The summed E-state index contributed by atoms with van der Waals surface area (Å²) in [6.07, 6.45) is 3.26. The highest BCUT2D eigenvalue weighted by Crippen LogP contribution is 2.15. The average molecular weight is 314 g/mol. The van der Waals surface area contributed by atoms with Crippen LogP contribution in [-0.2, 0) is 11.1 Å². The van der Waals surface area contributed by atoms with Crippen molar-refractivity contribution in [1.29, 1.82) is 0 Å². The molecule has 2 N–H and O–H groups in total. The van der Waals surface area contributed by atoms with E-state index >= 15 is 0 Å². The van der Waals surface area contributed by atoms with Gasteiger partial charge in [0.1, 0.15) is 0 Å². The Bertz CT molecular complexity index is 530. The average Bonchev–Trinajstić information content (AvgIpc) is 2.33. The largest absolute Gasteiger partial charge is 0.324 e. The van der Waals surface area contributed by atoms with E-state index in [-0.39, 0.29) is 0 Å². The van der Waals surface area contributed by atoms with Crippen LogP contribution in [0.2, 0.25) is 0 Å².